The molecule has 3 heteroatoms. The summed E-state index contributed by atoms with van der Waals surface area (Å²) >= 11 is 0. The number of nitrogens with one attached hydrogen (secondary N) is 1. The van der Waals surface area contributed by atoms with Crippen LogP contribution in [0.3, 0.4) is 0 Å². The first-order chi connectivity index (χ1) is 8.27. The van der Waals surface area contributed by atoms with Crippen molar-refractivity contribution in [2.24, 2.45) is 0 Å². The molecule has 1 saturated heterocycles. The quantitative estimate of drug-likeness (QED) is 0.845. The average Bonchev–Trinajstić information content (AvgIpc) is 2.90. The zero-order valence-electron chi connectivity index (χ0n) is 10.9. The van der Waals surface area contributed by atoms with E-state index in [0.29, 0.717) is 12.1 Å². The van der Waals surface area contributed by atoms with Gasteiger partial charge in [-0.05, 0) is 51.9 Å². The second-order valence-corrected chi connectivity index (χ2v) is 4.98. The van der Waals surface area contributed by atoms with Crippen molar-refractivity contribution in [3.8, 4) is 0 Å². The fourth-order valence-electron chi connectivity index (χ4n) is 2.40. The monoisotopic (exact) mass is 233 g/mol. The van der Waals surface area contributed by atoms with E-state index in [1.807, 2.05) is 18.3 Å². The summed E-state index contributed by atoms with van der Waals surface area (Å²) in [7, 11) is 0. The number of likely N-dealkylation sites (tertiary alicyclic amines) is 1. The second-order valence-electron chi connectivity index (χ2n) is 4.98. The van der Waals surface area contributed by atoms with Gasteiger partial charge in [-0.2, -0.15) is 0 Å². The Morgan fingerprint density at radius 1 is 1.29 bits per heavy atom. The van der Waals surface area contributed by atoms with Gasteiger partial charge in [0.15, 0.2) is 0 Å². The van der Waals surface area contributed by atoms with Crippen LogP contribution < -0.4 is 5.32 Å². The zero-order valence-corrected chi connectivity index (χ0v) is 10.9. The largest absolute Gasteiger partial charge is 0.307 e. The van der Waals surface area contributed by atoms with Gasteiger partial charge in [-0.15, -0.1) is 0 Å². The van der Waals surface area contributed by atoms with Gasteiger partial charge in [0.25, 0.3) is 0 Å². The van der Waals surface area contributed by atoms with Gasteiger partial charge >= 0.3 is 0 Å². The Labute approximate surface area is 104 Å². The van der Waals surface area contributed by atoms with Gasteiger partial charge in [-0.3, -0.25) is 9.88 Å². The molecule has 1 fully saturated rings. The Morgan fingerprint density at radius 2 is 2.06 bits per heavy atom. The summed E-state index contributed by atoms with van der Waals surface area (Å²) in [6, 6.07) is 7.05. The van der Waals surface area contributed by atoms with Crippen LogP contribution in [0.25, 0.3) is 0 Å². The summed E-state index contributed by atoms with van der Waals surface area (Å²) in [4.78, 5) is 6.95. The summed E-state index contributed by atoms with van der Waals surface area (Å²) < 4.78 is 0. The number of aromatic nitrogens is 1. The van der Waals surface area contributed by atoms with Crippen LogP contribution in [0.5, 0.6) is 0 Å². The first-order valence-electron chi connectivity index (χ1n) is 6.65. The van der Waals surface area contributed by atoms with Crippen molar-refractivity contribution in [2.45, 2.75) is 38.8 Å². The van der Waals surface area contributed by atoms with Gasteiger partial charge in [-0.1, -0.05) is 6.07 Å². The van der Waals surface area contributed by atoms with Crippen LogP contribution in [0.2, 0.25) is 0 Å². The van der Waals surface area contributed by atoms with Crippen molar-refractivity contribution in [2.75, 3.05) is 19.6 Å². The molecule has 3 nitrogen and oxygen atoms in total. The third kappa shape index (κ3) is 3.51. The van der Waals surface area contributed by atoms with E-state index in [1.54, 1.807) is 0 Å². The molecule has 2 heterocycles. The lowest BCUT2D eigenvalue weighted by Crippen LogP contribution is -2.39. The molecular weight excluding hydrogens is 210 g/mol. The number of pyridine rings is 1. The lowest BCUT2D eigenvalue weighted by molar-refractivity contribution is 0.247. The maximum atomic E-state index is 4.38. The Bertz CT molecular complexity index is 319. The topological polar surface area (TPSA) is 28.2 Å². The molecular formula is C14H23N3. The van der Waals surface area contributed by atoms with Gasteiger partial charge < -0.3 is 5.32 Å². The van der Waals surface area contributed by atoms with Crippen molar-refractivity contribution >= 4 is 0 Å². The van der Waals surface area contributed by atoms with Crippen LogP contribution in [-0.2, 0) is 0 Å². The van der Waals surface area contributed by atoms with E-state index in [0.717, 1.165) is 12.2 Å². The fraction of sp³-hybridized carbons (Fsp3) is 0.643. The maximum absolute atomic E-state index is 4.38. The Morgan fingerprint density at radius 3 is 2.71 bits per heavy atom. The van der Waals surface area contributed by atoms with Crippen LogP contribution in [0.4, 0.5) is 0 Å². The van der Waals surface area contributed by atoms with Crippen LogP contribution in [0, 0.1) is 0 Å². The lowest BCUT2D eigenvalue weighted by Gasteiger charge is -2.25. The van der Waals surface area contributed by atoms with Gasteiger partial charge in [-0.25, -0.2) is 0 Å². The van der Waals surface area contributed by atoms with Crippen LogP contribution in [0.1, 0.15) is 38.4 Å². The molecule has 0 spiro atoms. The van der Waals surface area contributed by atoms with Gasteiger partial charge in [0, 0.05) is 24.8 Å². The van der Waals surface area contributed by atoms with Crippen molar-refractivity contribution in [1.82, 2.24) is 15.2 Å². The standard InChI is InChI=1S/C14H23N3/c1-12(17-9-5-6-10-17)11-16-13(2)14-7-3-4-8-15-14/h3-4,7-8,12-13,16H,5-6,9-11H2,1-2H3. The van der Waals surface area contributed by atoms with Crippen molar-refractivity contribution in [3.63, 3.8) is 0 Å². The number of hydrogen-bond donors (Lipinski definition) is 1. The van der Waals surface area contributed by atoms with E-state index < -0.39 is 0 Å². The molecule has 0 radical (unpaired) electrons. The average molecular weight is 233 g/mol. The second kappa shape index (κ2) is 6.12. The zero-order chi connectivity index (χ0) is 12.1. The maximum Gasteiger partial charge on any atom is 0.0570 e. The smallest absolute Gasteiger partial charge is 0.0570 e. The fourth-order valence-corrected chi connectivity index (χ4v) is 2.40. The minimum Gasteiger partial charge on any atom is -0.307 e. The van der Waals surface area contributed by atoms with Crippen molar-refractivity contribution in [1.29, 1.82) is 0 Å². The van der Waals surface area contributed by atoms with Crippen LogP contribution in [-0.4, -0.2) is 35.6 Å². The van der Waals surface area contributed by atoms with Gasteiger partial charge in [0.2, 0.25) is 0 Å². The molecule has 1 N–H and O–H groups in total. The molecule has 94 valence electrons. The molecule has 1 aliphatic heterocycles. The molecule has 0 aliphatic carbocycles. The third-order valence-electron chi connectivity index (χ3n) is 3.61. The molecule has 2 unspecified atom stereocenters. The van der Waals surface area contributed by atoms with E-state index in [1.165, 1.54) is 25.9 Å². The predicted molar refractivity (Wildman–Crippen MR) is 70.9 cm³/mol. The van der Waals surface area contributed by atoms with Gasteiger partial charge in [0.05, 0.1) is 5.69 Å². The summed E-state index contributed by atoms with van der Waals surface area (Å²) in [6.45, 7) is 8.06. The summed E-state index contributed by atoms with van der Waals surface area (Å²) in [5, 5.41) is 3.57. The lowest BCUT2D eigenvalue weighted by atomic mass is 10.2. The van der Waals surface area contributed by atoms with E-state index in [-0.39, 0.29) is 0 Å². The molecule has 0 bridgehead atoms. The number of rotatable bonds is 5. The molecule has 2 rings (SSSR count). The molecule has 0 aromatic carbocycles. The van der Waals surface area contributed by atoms with Crippen molar-refractivity contribution in [3.05, 3.63) is 30.1 Å². The van der Waals surface area contributed by atoms with E-state index >= 15 is 0 Å². The van der Waals surface area contributed by atoms with Crippen LogP contribution in [0.15, 0.2) is 24.4 Å². The molecule has 0 amide bonds. The summed E-state index contributed by atoms with van der Waals surface area (Å²) in [6.07, 6.45) is 4.58. The number of hydrogen-bond acceptors (Lipinski definition) is 3. The van der Waals surface area contributed by atoms with Crippen molar-refractivity contribution < 1.29 is 0 Å². The van der Waals surface area contributed by atoms with Gasteiger partial charge in [0.1, 0.15) is 0 Å². The highest BCUT2D eigenvalue weighted by Gasteiger charge is 2.18. The molecule has 1 aromatic heterocycles. The normalized spacial score (nSPS) is 20.4. The SMILES string of the molecule is CC(NCC(C)N1CCCC1)c1ccccn1. The first-order valence-corrected chi connectivity index (χ1v) is 6.65. The Hall–Kier alpha value is -0.930. The van der Waals surface area contributed by atoms with E-state index in [9.17, 15) is 0 Å². The highest BCUT2D eigenvalue weighted by atomic mass is 15.2. The van der Waals surface area contributed by atoms with E-state index in [4.69, 9.17) is 0 Å². The molecule has 1 aliphatic rings. The Kier molecular flexibility index (Phi) is 4.51. The molecule has 2 atom stereocenters. The predicted octanol–water partition coefficient (Wildman–Crippen LogP) is 2.22. The highest BCUT2D eigenvalue weighted by Crippen LogP contribution is 2.12. The molecule has 1 aromatic rings. The Balaban J connectivity index is 1.77. The summed E-state index contributed by atoms with van der Waals surface area (Å²) in [5.41, 5.74) is 1.13. The first kappa shape index (κ1) is 12.5. The highest BCUT2D eigenvalue weighted by molar-refractivity contribution is 5.07. The van der Waals surface area contributed by atoms with Crippen LogP contribution >= 0.6 is 0 Å². The minimum absolute atomic E-state index is 0.334. The molecule has 0 saturated carbocycles. The third-order valence-corrected chi connectivity index (χ3v) is 3.61. The molecule has 17 heavy (non-hydrogen) atoms. The summed E-state index contributed by atoms with van der Waals surface area (Å²) in [5.74, 6) is 0. The minimum atomic E-state index is 0.334. The van der Waals surface area contributed by atoms with E-state index in [2.05, 4.69) is 35.1 Å². The number of nitrogens with zero attached hydrogens (tertiary/aromatic N) is 2.